The SMILES string of the molecule is CCOc1ccc(C(=O)N/N=C/c2cc(I)c(Oc3ccc(C(F)(F)F)cc3[N+](=O)[O-])c(OC)c2)cc1OCC. The van der Waals surface area contributed by atoms with Crippen LogP contribution in [0, 0.1) is 13.7 Å². The summed E-state index contributed by atoms with van der Waals surface area (Å²) in [4.78, 5) is 23.0. The number of carbonyl (C=O) groups is 1. The first kappa shape index (κ1) is 30.5. The number of benzene rings is 3. The molecule has 14 heteroatoms. The summed E-state index contributed by atoms with van der Waals surface area (Å²) in [6, 6.07) is 9.75. The molecule has 0 bridgehead atoms. The van der Waals surface area contributed by atoms with Gasteiger partial charge in [-0.15, -0.1) is 0 Å². The molecule has 0 fully saturated rings. The van der Waals surface area contributed by atoms with Crippen LogP contribution in [0.4, 0.5) is 18.9 Å². The molecule has 0 aliphatic rings. The summed E-state index contributed by atoms with van der Waals surface area (Å²) in [7, 11) is 1.32. The lowest BCUT2D eigenvalue weighted by atomic mass is 10.1. The van der Waals surface area contributed by atoms with E-state index in [9.17, 15) is 28.1 Å². The number of nitro groups is 1. The van der Waals surface area contributed by atoms with E-state index < -0.39 is 34.0 Å². The molecule has 0 heterocycles. The zero-order chi connectivity index (χ0) is 29.4. The van der Waals surface area contributed by atoms with Gasteiger partial charge >= 0.3 is 11.9 Å². The number of hydrazone groups is 1. The van der Waals surface area contributed by atoms with Crippen LogP contribution in [0.15, 0.2) is 53.6 Å². The highest BCUT2D eigenvalue weighted by Gasteiger charge is 2.33. The van der Waals surface area contributed by atoms with Gasteiger partial charge in [-0.3, -0.25) is 14.9 Å². The second kappa shape index (κ2) is 13.3. The molecule has 0 unspecified atom stereocenters. The van der Waals surface area contributed by atoms with Crippen molar-refractivity contribution in [1.82, 2.24) is 5.43 Å². The summed E-state index contributed by atoms with van der Waals surface area (Å²) >= 11 is 1.88. The zero-order valence-corrected chi connectivity index (χ0v) is 23.5. The molecule has 1 amide bonds. The molecule has 3 aromatic rings. The number of nitro benzene ring substituents is 1. The van der Waals surface area contributed by atoms with Gasteiger partial charge in [-0.2, -0.15) is 18.3 Å². The number of alkyl halides is 3. The summed E-state index contributed by atoms with van der Waals surface area (Å²) in [5.74, 6) is 0.201. The maximum atomic E-state index is 13.0. The third-order valence-electron chi connectivity index (χ3n) is 5.13. The highest BCUT2D eigenvalue weighted by Crippen LogP contribution is 2.42. The quantitative estimate of drug-likeness (QED) is 0.106. The minimum absolute atomic E-state index is 0.0463. The minimum Gasteiger partial charge on any atom is -0.493 e. The lowest BCUT2D eigenvalue weighted by Gasteiger charge is -2.14. The molecular formula is C26H23F3IN3O7. The van der Waals surface area contributed by atoms with E-state index >= 15 is 0 Å². The molecule has 3 aromatic carbocycles. The Labute approximate surface area is 240 Å². The van der Waals surface area contributed by atoms with Crippen LogP contribution in [0.3, 0.4) is 0 Å². The van der Waals surface area contributed by atoms with Crippen molar-refractivity contribution in [2.24, 2.45) is 5.10 Å². The Balaban J connectivity index is 1.81. The summed E-state index contributed by atoms with van der Waals surface area (Å²) in [6.07, 6.45) is -3.42. The molecule has 10 nitrogen and oxygen atoms in total. The van der Waals surface area contributed by atoms with Crippen LogP contribution < -0.4 is 24.4 Å². The fraction of sp³-hybridized carbons (Fsp3) is 0.231. The molecule has 0 aromatic heterocycles. The highest BCUT2D eigenvalue weighted by molar-refractivity contribution is 14.1. The fourth-order valence-corrected chi connectivity index (χ4v) is 4.10. The number of amides is 1. The average Bonchev–Trinajstić information content (AvgIpc) is 2.90. The Bertz CT molecular complexity index is 1430. The van der Waals surface area contributed by atoms with Crippen molar-refractivity contribution in [1.29, 1.82) is 0 Å². The fourth-order valence-electron chi connectivity index (χ4n) is 3.37. The van der Waals surface area contributed by atoms with E-state index in [0.29, 0.717) is 46.0 Å². The molecule has 1 N–H and O–H groups in total. The highest BCUT2D eigenvalue weighted by atomic mass is 127. The van der Waals surface area contributed by atoms with Crippen molar-refractivity contribution in [3.05, 3.63) is 78.9 Å². The van der Waals surface area contributed by atoms with Gasteiger partial charge in [-0.1, -0.05) is 0 Å². The molecule has 0 aliphatic carbocycles. The van der Waals surface area contributed by atoms with Crippen molar-refractivity contribution in [2.45, 2.75) is 20.0 Å². The van der Waals surface area contributed by atoms with Gasteiger partial charge < -0.3 is 18.9 Å². The molecule has 0 spiro atoms. The smallest absolute Gasteiger partial charge is 0.416 e. The van der Waals surface area contributed by atoms with Gasteiger partial charge in [-0.05, 0) is 84.5 Å². The molecule has 212 valence electrons. The first-order valence-electron chi connectivity index (χ1n) is 11.6. The summed E-state index contributed by atoms with van der Waals surface area (Å²) < 4.78 is 61.5. The molecule has 3 rings (SSSR count). The number of methoxy groups -OCH3 is 1. The van der Waals surface area contributed by atoms with E-state index in [0.717, 1.165) is 6.07 Å². The minimum atomic E-state index is -4.76. The molecule has 0 saturated heterocycles. The summed E-state index contributed by atoms with van der Waals surface area (Å²) in [6.45, 7) is 4.46. The Hall–Kier alpha value is -4.08. The first-order chi connectivity index (χ1) is 19.0. The normalized spacial score (nSPS) is 11.3. The number of halogens is 4. The molecule has 40 heavy (non-hydrogen) atoms. The van der Waals surface area contributed by atoms with Gasteiger partial charge in [-0.25, -0.2) is 5.43 Å². The van der Waals surface area contributed by atoms with Gasteiger partial charge in [0.25, 0.3) is 5.91 Å². The predicted molar refractivity (Wildman–Crippen MR) is 148 cm³/mol. The number of carbonyl (C=O) groups excluding carboxylic acids is 1. The lowest BCUT2D eigenvalue weighted by molar-refractivity contribution is -0.385. The number of nitrogens with zero attached hydrogens (tertiary/aromatic N) is 2. The average molecular weight is 673 g/mol. The van der Waals surface area contributed by atoms with E-state index in [4.69, 9.17) is 18.9 Å². The van der Waals surface area contributed by atoms with Crippen LogP contribution in [0.1, 0.15) is 35.3 Å². The van der Waals surface area contributed by atoms with Gasteiger partial charge in [0, 0.05) is 11.6 Å². The van der Waals surface area contributed by atoms with Crippen molar-refractivity contribution in [3.63, 3.8) is 0 Å². The van der Waals surface area contributed by atoms with Crippen LogP contribution in [0.2, 0.25) is 0 Å². The van der Waals surface area contributed by atoms with E-state index in [-0.39, 0.29) is 17.1 Å². The van der Waals surface area contributed by atoms with Crippen LogP contribution in [-0.2, 0) is 6.18 Å². The van der Waals surface area contributed by atoms with Crippen LogP contribution >= 0.6 is 22.6 Å². The molecular weight excluding hydrogens is 650 g/mol. The van der Waals surface area contributed by atoms with Crippen LogP contribution in [-0.4, -0.2) is 37.4 Å². The van der Waals surface area contributed by atoms with Gasteiger partial charge in [0.15, 0.2) is 23.0 Å². The van der Waals surface area contributed by atoms with Crippen molar-refractivity contribution in [2.75, 3.05) is 20.3 Å². The second-order valence-corrected chi connectivity index (χ2v) is 8.96. The monoisotopic (exact) mass is 673 g/mol. The standard InChI is InChI=1S/C26H23F3IN3O7/c1-4-38-21-8-6-16(12-22(21)39-5-2)25(34)32-31-14-15-10-18(30)24(23(11-15)37-3)40-20-9-7-17(26(27,28)29)13-19(20)33(35)36/h6-14H,4-5H2,1-3H3,(H,32,34)/b31-14+. The Morgan fingerprint density at radius 1 is 1.02 bits per heavy atom. The number of hydrogen-bond acceptors (Lipinski definition) is 8. The summed E-state index contributed by atoms with van der Waals surface area (Å²) in [5.41, 5.74) is 1.13. The Kier molecular flexibility index (Phi) is 10.1. The molecule has 0 radical (unpaired) electrons. The largest absolute Gasteiger partial charge is 0.493 e. The van der Waals surface area contributed by atoms with E-state index in [1.165, 1.54) is 25.5 Å². The number of nitrogens with one attached hydrogen (secondary N) is 1. The van der Waals surface area contributed by atoms with Gasteiger partial charge in [0.05, 0.1) is 40.6 Å². The maximum absolute atomic E-state index is 13.0. The Morgan fingerprint density at radius 3 is 2.33 bits per heavy atom. The number of ether oxygens (including phenoxy) is 4. The van der Waals surface area contributed by atoms with Gasteiger partial charge in [0.2, 0.25) is 5.75 Å². The topological polar surface area (TPSA) is 122 Å². The third-order valence-corrected chi connectivity index (χ3v) is 5.93. The zero-order valence-electron chi connectivity index (χ0n) is 21.4. The van der Waals surface area contributed by atoms with Crippen LogP contribution in [0.5, 0.6) is 28.7 Å². The molecule has 0 atom stereocenters. The third kappa shape index (κ3) is 7.52. The Morgan fingerprint density at radius 2 is 1.70 bits per heavy atom. The second-order valence-electron chi connectivity index (χ2n) is 7.80. The molecule has 0 saturated carbocycles. The van der Waals surface area contributed by atoms with Crippen molar-refractivity contribution < 1.29 is 41.8 Å². The number of rotatable bonds is 11. The van der Waals surface area contributed by atoms with Crippen molar-refractivity contribution in [3.8, 4) is 28.7 Å². The van der Waals surface area contributed by atoms with E-state index in [2.05, 4.69) is 10.5 Å². The maximum Gasteiger partial charge on any atom is 0.416 e. The van der Waals surface area contributed by atoms with Gasteiger partial charge in [0.1, 0.15) is 0 Å². The summed E-state index contributed by atoms with van der Waals surface area (Å²) in [5, 5.41) is 15.4. The predicted octanol–water partition coefficient (Wildman–Crippen LogP) is 6.58. The molecule has 0 aliphatic heterocycles. The van der Waals surface area contributed by atoms with E-state index in [1.54, 1.807) is 18.2 Å². The van der Waals surface area contributed by atoms with Crippen molar-refractivity contribution >= 4 is 40.4 Å². The van der Waals surface area contributed by atoms with E-state index in [1.807, 2.05) is 36.4 Å². The van der Waals surface area contributed by atoms with Crippen LogP contribution in [0.25, 0.3) is 0 Å². The lowest BCUT2D eigenvalue weighted by Crippen LogP contribution is -2.17. The number of hydrogen-bond donors (Lipinski definition) is 1. The first-order valence-corrected chi connectivity index (χ1v) is 12.7.